The van der Waals surface area contributed by atoms with Gasteiger partial charge in [-0.05, 0) is 24.6 Å². The number of aromatic nitrogens is 5. The van der Waals surface area contributed by atoms with Crippen LogP contribution in [0.15, 0.2) is 43.2 Å². The zero-order valence-corrected chi connectivity index (χ0v) is 11.3. The molecule has 102 valence electrons. The Morgan fingerprint density at radius 3 is 2.75 bits per heavy atom. The van der Waals surface area contributed by atoms with Crippen LogP contribution in [0.4, 0.5) is 5.82 Å². The molecule has 3 aromatic heterocycles. The van der Waals surface area contributed by atoms with Crippen LogP contribution in [-0.4, -0.2) is 24.3 Å². The number of aryl methyl sites for hydroxylation is 3. The van der Waals surface area contributed by atoms with E-state index in [9.17, 15) is 0 Å². The fraction of sp³-hybridized carbons (Fsp3) is 0.214. The summed E-state index contributed by atoms with van der Waals surface area (Å²) >= 11 is 0. The van der Waals surface area contributed by atoms with E-state index in [0.717, 1.165) is 24.3 Å². The smallest absolute Gasteiger partial charge is 0.123 e. The van der Waals surface area contributed by atoms with Gasteiger partial charge >= 0.3 is 0 Å². The van der Waals surface area contributed by atoms with Gasteiger partial charge in [-0.3, -0.25) is 4.68 Å². The summed E-state index contributed by atoms with van der Waals surface area (Å²) in [5.41, 5.74) is 8.81. The molecule has 0 aromatic carbocycles. The molecule has 0 aliphatic carbocycles. The van der Waals surface area contributed by atoms with Crippen molar-refractivity contribution < 1.29 is 0 Å². The van der Waals surface area contributed by atoms with E-state index in [1.807, 2.05) is 42.6 Å². The van der Waals surface area contributed by atoms with Gasteiger partial charge in [-0.2, -0.15) is 5.10 Å². The van der Waals surface area contributed by atoms with E-state index in [-0.39, 0.29) is 0 Å². The molecule has 3 rings (SSSR count). The molecule has 3 aromatic rings. The summed E-state index contributed by atoms with van der Waals surface area (Å²) in [7, 11) is 0. The monoisotopic (exact) mass is 268 g/mol. The van der Waals surface area contributed by atoms with Crippen LogP contribution >= 0.6 is 0 Å². The van der Waals surface area contributed by atoms with E-state index in [0.29, 0.717) is 5.82 Å². The van der Waals surface area contributed by atoms with Gasteiger partial charge in [-0.15, -0.1) is 0 Å². The summed E-state index contributed by atoms with van der Waals surface area (Å²) in [5.74, 6) is 0.520. The van der Waals surface area contributed by atoms with Crippen LogP contribution in [0.5, 0.6) is 0 Å². The molecule has 0 spiro atoms. The summed E-state index contributed by atoms with van der Waals surface area (Å²) in [6.45, 7) is 3.65. The fourth-order valence-electron chi connectivity index (χ4n) is 2.10. The van der Waals surface area contributed by atoms with E-state index >= 15 is 0 Å². The van der Waals surface area contributed by atoms with Crippen molar-refractivity contribution in [2.75, 3.05) is 5.73 Å². The van der Waals surface area contributed by atoms with Crippen molar-refractivity contribution in [1.29, 1.82) is 0 Å². The number of hydrogen-bond acceptors (Lipinski definition) is 4. The summed E-state index contributed by atoms with van der Waals surface area (Å²) in [5, 5.41) is 4.28. The quantitative estimate of drug-likeness (QED) is 0.782. The molecule has 0 saturated heterocycles. The Bertz CT molecular complexity index is 695. The van der Waals surface area contributed by atoms with Gasteiger partial charge in [0.25, 0.3) is 0 Å². The maximum Gasteiger partial charge on any atom is 0.123 e. The minimum atomic E-state index is 0.520. The van der Waals surface area contributed by atoms with Gasteiger partial charge < -0.3 is 10.3 Å². The predicted octanol–water partition coefficient (Wildman–Crippen LogP) is 1.73. The molecule has 20 heavy (non-hydrogen) atoms. The zero-order valence-electron chi connectivity index (χ0n) is 11.3. The Hall–Kier alpha value is -2.63. The lowest BCUT2D eigenvalue weighted by Crippen LogP contribution is -2.08. The van der Waals surface area contributed by atoms with Gasteiger partial charge in [0.15, 0.2) is 0 Å². The second-order valence-electron chi connectivity index (χ2n) is 4.72. The first-order chi connectivity index (χ1) is 9.72. The number of hydrogen-bond donors (Lipinski definition) is 1. The summed E-state index contributed by atoms with van der Waals surface area (Å²) in [6.07, 6.45) is 9.31. The number of rotatable bonds is 4. The van der Waals surface area contributed by atoms with Gasteiger partial charge in [0.2, 0.25) is 0 Å². The standard InChI is InChI=1S/C14H16N6/c1-11-6-18-20(9-11)5-4-19-10-16-8-13(19)12-2-3-14(15)17-7-12/h2-3,6-10H,4-5H2,1H3,(H2,15,17). The highest BCUT2D eigenvalue weighted by atomic mass is 15.3. The number of nitrogens with two attached hydrogens (primary N) is 1. The van der Waals surface area contributed by atoms with E-state index in [1.54, 1.807) is 12.3 Å². The van der Waals surface area contributed by atoms with Gasteiger partial charge in [0.1, 0.15) is 5.82 Å². The first-order valence-corrected chi connectivity index (χ1v) is 6.43. The number of pyridine rings is 1. The molecule has 0 radical (unpaired) electrons. The topological polar surface area (TPSA) is 74.5 Å². The summed E-state index contributed by atoms with van der Waals surface area (Å²) in [4.78, 5) is 8.33. The van der Waals surface area contributed by atoms with Crippen LogP contribution in [0.25, 0.3) is 11.3 Å². The highest BCUT2D eigenvalue weighted by molar-refractivity contribution is 5.59. The van der Waals surface area contributed by atoms with Crippen LogP contribution in [-0.2, 0) is 13.1 Å². The highest BCUT2D eigenvalue weighted by Crippen LogP contribution is 2.18. The second-order valence-corrected chi connectivity index (χ2v) is 4.72. The molecule has 0 aliphatic heterocycles. The van der Waals surface area contributed by atoms with Crippen LogP contribution in [0.1, 0.15) is 5.56 Å². The Balaban J connectivity index is 1.78. The molecule has 0 bridgehead atoms. The minimum absolute atomic E-state index is 0.520. The molecule has 0 atom stereocenters. The van der Waals surface area contributed by atoms with Crippen molar-refractivity contribution in [3.8, 4) is 11.3 Å². The number of anilines is 1. The molecule has 0 saturated carbocycles. The molecule has 3 heterocycles. The van der Waals surface area contributed by atoms with Gasteiger partial charge in [0, 0.05) is 24.5 Å². The fourth-order valence-corrected chi connectivity index (χ4v) is 2.10. The molecular formula is C14H16N6. The summed E-state index contributed by atoms with van der Waals surface area (Å²) < 4.78 is 4.02. The maximum atomic E-state index is 5.61. The average molecular weight is 268 g/mol. The highest BCUT2D eigenvalue weighted by Gasteiger charge is 2.06. The third-order valence-corrected chi connectivity index (χ3v) is 3.13. The zero-order chi connectivity index (χ0) is 13.9. The number of nitrogens with zero attached hydrogens (tertiary/aromatic N) is 5. The van der Waals surface area contributed by atoms with Crippen molar-refractivity contribution in [2.24, 2.45) is 0 Å². The van der Waals surface area contributed by atoms with Gasteiger partial charge in [-0.1, -0.05) is 0 Å². The van der Waals surface area contributed by atoms with Crippen molar-refractivity contribution >= 4 is 5.82 Å². The molecule has 6 nitrogen and oxygen atoms in total. The lowest BCUT2D eigenvalue weighted by molar-refractivity contribution is 0.535. The number of imidazole rings is 1. The van der Waals surface area contributed by atoms with E-state index in [2.05, 4.69) is 19.6 Å². The molecular weight excluding hydrogens is 252 g/mol. The van der Waals surface area contributed by atoms with Gasteiger partial charge in [-0.25, -0.2) is 9.97 Å². The van der Waals surface area contributed by atoms with Crippen LogP contribution in [0.3, 0.4) is 0 Å². The van der Waals surface area contributed by atoms with Crippen LogP contribution in [0, 0.1) is 6.92 Å². The lowest BCUT2D eigenvalue weighted by atomic mass is 10.2. The van der Waals surface area contributed by atoms with Crippen LogP contribution in [0.2, 0.25) is 0 Å². The minimum Gasteiger partial charge on any atom is -0.384 e. The van der Waals surface area contributed by atoms with Crippen molar-refractivity contribution in [3.05, 3.63) is 48.8 Å². The third-order valence-electron chi connectivity index (χ3n) is 3.13. The van der Waals surface area contributed by atoms with E-state index in [4.69, 9.17) is 5.73 Å². The average Bonchev–Trinajstić information content (AvgIpc) is 3.06. The molecule has 6 heteroatoms. The molecule has 0 aliphatic rings. The second kappa shape index (κ2) is 5.16. The molecule has 0 unspecified atom stereocenters. The Morgan fingerprint density at radius 2 is 2.05 bits per heavy atom. The Labute approximate surface area is 116 Å². The maximum absolute atomic E-state index is 5.61. The van der Waals surface area contributed by atoms with Crippen molar-refractivity contribution in [1.82, 2.24) is 24.3 Å². The largest absolute Gasteiger partial charge is 0.384 e. The van der Waals surface area contributed by atoms with Gasteiger partial charge in [0.05, 0.1) is 31.0 Å². The molecule has 2 N–H and O–H groups in total. The Kier molecular flexibility index (Phi) is 3.20. The number of nitrogen functional groups attached to an aromatic ring is 1. The van der Waals surface area contributed by atoms with Crippen molar-refractivity contribution in [3.63, 3.8) is 0 Å². The van der Waals surface area contributed by atoms with E-state index in [1.165, 1.54) is 5.56 Å². The third kappa shape index (κ3) is 2.54. The normalized spacial score (nSPS) is 10.8. The SMILES string of the molecule is Cc1cnn(CCn2cncc2-c2ccc(N)nc2)c1. The molecule has 0 amide bonds. The lowest BCUT2D eigenvalue weighted by Gasteiger charge is -2.08. The summed E-state index contributed by atoms with van der Waals surface area (Å²) in [6, 6.07) is 3.75. The first kappa shape index (κ1) is 12.4. The first-order valence-electron chi connectivity index (χ1n) is 6.43. The molecule has 0 fully saturated rings. The Morgan fingerprint density at radius 1 is 1.15 bits per heavy atom. The van der Waals surface area contributed by atoms with E-state index < -0.39 is 0 Å². The van der Waals surface area contributed by atoms with Crippen molar-refractivity contribution in [2.45, 2.75) is 20.0 Å². The predicted molar refractivity (Wildman–Crippen MR) is 76.8 cm³/mol. The van der Waals surface area contributed by atoms with Crippen LogP contribution < -0.4 is 5.73 Å².